The van der Waals surface area contributed by atoms with E-state index in [2.05, 4.69) is 61.1 Å². The van der Waals surface area contributed by atoms with E-state index in [1.807, 2.05) is 0 Å². The predicted octanol–water partition coefficient (Wildman–Crippen LogP) is 3.40. The first-order valence-electron chi connectivity index (χ1n) is 2.57. The monoisotopic (exact) mass is 402 g/mol. The van der Waals surface area contributed by atoms with Crippen LogP contribution in [0.3, 0.4) is 0 Å². The minimum absolute atomic E-state index is 0.880. The van der Waals surface area contributed by atoms with E-state index in [1.165, 1.54) is 17.3 Å². The Kier molecular flexibility index (Phi) is 8.76. The zero-order valence-corrected chi connectivity index (χ0v) is 10.4. The van der Waals surface area contributed by atoms with Gasteiger partial charge in [-0.3, -0.25) is 0 Å². The summed E-state index contributed by atoms with van der Waals surface area (Å²) >= 11 is 8.33. The molecule has 0 aromatic carbocycles. The first-order valence-corrected chi connectivity index (χ1v) is 6.46. The van der Waals surface area contributed by atoms with Gasteiger partial charge in [-0.15, -0.1) is 0 Å². The van der Waals surface area contributed by atoms with Crippen molar-refractivity contribution in [1.82, 2.24) is 0 Å². The summed E-state index contributed by atoms with van der Waals surface area (Å²) in [4.78, 5) is 0. The van der Waals surface area contributed by atoms with E-state index in [4.69, 9.17) is 0 Å². The molecule has 0 aliphatic heterocycles. The number of halogens is 3. The SMILES string of the molecule is BrCCCC(I)CI. The molecule has 0 rings (SSSR count). The second-order valence-corrected chi connectivity index (χ2v) is 5.02. The minimum Gasteiger partial charge on any atom is -0.0928 e. The van der Waals surface area contributed by atoms with Crippen LogP contribution in [0, 0.1) is 0 Å². The van der Waals surface area contributed by atoms with Crippen molar-refractivity contribution in [3.05, 3.63) is 0 Å². The van der Waals surface area contributed by atoms with Crippen LogP contribution in [0.25, 0.3) is 0 Å². The highest BCUT2D eigenvalue weighted by molar-refractivity contribution is 14.1. The first kappa shape index (κ1) is 9.94. The summed E-state index contributed by atoms with van der Waals surface area (Å²) in [6, 6.07) is 0. The molecule has 50 valence electrons. The highest BCUT2D eigenvalue weighted by Crippen LogP contribution is 2.11. The van der Waals surface area contributed by atoms with E-state index in [0.717, 1.165) is 9.25 Å². The Morgan fingerprint density at radius 3 is 2.50 bits per heavy atom. The Hall–Kier alpha value is 1.94. The van der Waals surface area contributed by atoms with Gasteiger partial charge < -0.3 is 0 Å². The van der Waals surface area contributed by atoms with Gasteiger partial charge in [-0.2, -0.15) is 0 Å². The van der Waals surface area contributed by atoms with Crippen molar-refractivity contribution in [1.29, 1.82) is 0 Å². The molecular weight excluding hydrogens is 394 g/mol. The normalized spacial score (nSPS) is 13.9. The lowest BCUT2D eigenvalue weighted by molar-refractivity contribution is 0.830. The lowest BCUT2D eigenvalue weighted by atomic mass is 10.3. The van der Waals surface area contributed by atoms with Gasteiger partial charge >= 0.3 is 0 Å². The molecule has 1 atom stereocenters. The third-order valence-corrected chi connectivity index (χ3v) is 5.19. The molecule has 0 nitrogen and oxygen atoms in total. The third-order valence-electron chi connectivity index (χ3n) is 0.818. The van der Waals surface area contributed by atoms with Crippen LogP contribution in [0.4, 0.5) is 0 Å². The van der Waals surface area contributed by atoms with Gasteiger partial charge in [0.25, 0.3) is 0 Å². The third kappa shape index (κ3) is 6.07. The van der Waals surface area contributed by atoms with Crippen molar-refractivity contribution in [2.75, 3.05) is 9.76 Å². The number of hydrogen-bond donors (Lipinski definition) is 0. The van der Waals surface area contributed by atoms with Crippen LogP contribution in [0.2, 0.25) is 0 Å². The topological polar surface area (TPSA) is 0 Å². The standard InChI is InChI=1S/C5H9BrI2/c6-3-1-2-5(8)4-7/h5H,1-4H2. The first-order chi connectivity index (χ1) is 3.81. The highest BCUT2D eigenvalue weighted by atomic mass is 127. The molecule has 0 aliphatic rings. The highest BCUT2D eigenvalue weighted by Gasteiger charge is 1.98. The quantitative estimate of drug-likeness (QED) is 0.499. The van der Waals surface area contributed by atoms with Crippen LogP contribution in [0.1, 0.15) is 12.8 Å². The Bertz CT molecular complexity index is 49.7. The van der Waals surface area contributed by atoms with E-state index < -0.39 is 0 Å². The lowest BCUT2D eigenvalue weighted by Gasteiger charge is -2.01. The summed E-state index contributed by atoms with van der Waals surface area (Å²) in [6.07, 6.45) is 2.67. The molecule has 0 amide bonds. The van der Waals surface area contributed by atoms with Gasteiger partial charge in [-0.05, 0) is 12.8 Å². The van der Waals surface area contributed by atoms with Crippen molar-refractivity contribution in [2.24, 2.45) is 0 Å². The molecular formula is C5H9BrI2. The Morgan fingerprint density at radius 1 is 1.50 bits per heavy atom. The molecule has 0 saturated heterocycles. The number of alkyl halides is 3. The molecule has 0 aromatic rings. The summed E-state index contributed by atoms with van der Waals surface area (Å²) in [7, 11) is 0. The largest absolute Gasteiger partial charge is 0.0928 e. The maximum absolute atomic E-state index is 3.40. The summed E-state index contributed by atoms with van der Waals surface area (Å²) in [5.41, 5.74) is 0. The van der Waals surface area contributed by atoms with Crippen LogP contribution in [0.15, 0.2) is 0 Å². The molecule has 0 heterocycles. The molecule has 1 unspecified atom stereocenters. The molecule has 8 heavy (non-hydrogen) atoms. The molecule has 0 fully saturated rings. The second-order valence-electron chi connectivity index (χ2n) is 1.58. The fourth-order valence-corrected chi connectivity index (χ4v) is 1.58. The summed E-state index contributed by atoms with van der Waals surface area (Å²) in [6.45, 7) is 0. The molecule has 0 aromatic heterocycles. The smallest absolute Gasteiger partial charge is 0.0199 e. The van der Waals surface area contributed by atoms with Gasteiger partial charge in [-0.25, -0.2) is 0 Å². The average molecular weight is 403 g/mol. The summed E-state index contributed by atoms with van der Waals surface area (Å²) < 4.78 is 2.16. The van der Waals surface area contributed by atoms with Crippen molar-refractivity contribution >= 4 is 61.1 Å². The Labute approximate surface area is 86.6 Å². The van der Waals surface area contributed by atoms with Crippen molar-refractivity contribution in [2.45, 2.75) is 16.8 Å². The predicted molar refractivity (Wildman–Crippen MR) is 59.7 cm³/mol. The maximum atomic E-state index is 3.40. The van der Waals surface area contributed by atoms with E-state index in [9.17, 15) is 0 Å². The van der Waals surface area contributed by atoms with Gasteiger partial charge in [0.15, 0.2) is 0 Å². The van der Waals surface area contributed by atoms with Crippen LogP contribution in [-0.4, -0.2) is 13.7 Å². The van der Waals surface area contributed by atoms with E-state index >= 15 is 0 Å². The summed E-state index contributed by atoms with van der Waals surface area (Å²) in [5.74, 6) is 0. The van der Waals surface area contributed by atoms with Crippen LogP contribution < -0.4 is 0 Å². The molecule has 3 heteroatoms. The molecule has 0 radical (unpaired) electrons. The second kappa shape index (κ2) is 7.05. The van der Waals surface area contributed by atoms with Crippen molar-refractivity contribution < 1.29 is 0 Å². The van der Waals surface area contributed by atoms with E-state index in [-0.39, 0.29) is 0 Å². The van der Waals surface area contributed by atoms with Crippen LogP contribution >= 0.6 is 61.1 Å². The molecule has 0 aliphatic carbocycles. The molecule has 0 N–H and O–H groups in total. The average Bonchev–Trinajstić information content (AvgIpc) is 1.83. The lowest BCUT2D eigenvalue weighted by Crippen LogP contribution is -1.97. The zero-order valence-electron chi connectivity index (χ0n) is 4.54. The molecule has 0 spiro atoms. The fourth-order valence-electron chi connectivity index (χ4n) is 0.376. The Balaban J connectivity index is 2.86. The van der Waals surface area contributed by atoms with Gasteiger partial charge in [0.2, 0.25) is 0 Å². The molecule has 0 saturated carbocycles. The van der Waals surface area contributed by atoms with E-state index in [1.54, 1.807) is 0 Å². The Morgan fingerprint density at radius 2 is 2.12 bits per heavy atom. The van der Waals surface area contributed by atoms with Gasteiger partial charge in [0.05, 0.1) is 0 Å². The van der Waals surface area contributed by atoms with Crippen LogP contribution in [-0.2, 0) is 0 Å². The van der Waals surface area contributed by atoms with E-state index in [0.29, 0.717) is 0 Å². The van der Waals surface area contributed by atoms with Gasteiger partial charge in [0, 0.05) is 13.7 Å². The fraction of sp³-hybridized carbons (Fsp3) is 1.00. The summed E-state index contributed by atoms with van der Waals surface area (Å²) in [5, 5.41) is 1.16. The molecule has 0 bridgehead atoms. The van der Waals surface area contributed by atoms with Crippen molar-refractivity contribution in [3.63, 3.8) is 0 Å². The van der Waals surface area contributed by atoms with Gasteiger partial charge in [-0.1, -0.05) is 61.1 Å². The number of rotatable bonds is 4. The maximum Gasteiger partial charge on any atom is 0.0199 e. The van der Waals surface area contributed by atoms with Crippen LogP contribution in [0.5, 0.6) is 0 Å². The minimum atomic E-state index is 0.880. The van der Waals surface area contributed by atoms with Gasteiger partial charge in [0.1, 0.15) is 0 Å². The number of hydrogen-bond acceptors (Lipinski definition) is 0. The zero-order chi connectivity index (χ0) is 6.41. The van der Waals surface area contributed by atoms with Crippen molar-refractivity contribution in [3.8, 4) is 0 Å².